The second-order valence-corrected chi connectivity index (χ2v) is 5.70. The molecule has 1 rings (SSSR count). The van der Waals surface area contributed by atoms with Gasteiger partial charge in [-0.3, -0.25) is 9.63 Å². The molecule has 0 aromatic carbocycles. The van der Waals surface area contributed by atoms with Crippen LogP contribution in [0.3, 0.4) is 0 Å². The van der Waals surface area contributed by atoms with E-state index in [4.69, 9.17) is 4.84 Å². The van der Waals surface area contributed by atoms with Crippen molar-refractivity contribution in [3.63, 3.8) is 0 Å². The van der Waals surface area contributed by atoms with Gasteiger partial charge in [-0.2, -0.15) is 0 Å². The Hall–Kier alpha value is -0.610. The minimum atomic E-state index is -0.149. The number of piperidine rings is 1. The van der Waals surface area contributed by atoms with E-state index in [1.54, 1.807) is 0 Å². The molecule has 2 N–H and O–H groups in total. The van der Waals surface area contributed by atoms with Gasteiger partial charge in [0.25, 0.3) is 0 Å². The standard InChI is InChI=1S/C11H22N2O2/c1-8(14)12-15-9-6-10(2,3)13-11(4,5)7-9/h9,13H,6-7H2,1-5H3,(H,12,14). The zero-order valence-electron chi connectivity index (χ0n) is 10.3. The molecule has 15 heavy (non-hydrogen) atoms. The van der Waals surface area contributed by atoms with E-state index in [2.05, 4.69) is 38.5 Å². The molecular weight excluding hydrogens is 192 g/mol. The maximum absolute atomic E-state index is 10.8. The molecule has 1 heterocycles. The summed E-state index contributed by atoms with van der Waals surface area (Å²) in [5, 5.41) is 3.56. The van der Waals surface area contributed by atoms with E-state index in [1.807, 2.05) is 0 Å². The third kappa shape index (κ3) is 4.18. The Morgan fingerprint density at radius 1 is 1.27 bits per heavy atom. The summed E-state index contributed by atoms with van der Waals surface area (Å²) in [6, 6.07) is 0. The molecule has 1 fully saturated rings. The summed E-state index contributed by atoms with van der Waals surface area (Å²) in [6.45, 7) is 10.1. The SMILES string of the molecule is CC(=O)NOC1CC(C)(C)NC(C)(C)C1. The number of hydrogen-bond donors (Lipinski definition) is 2. The van der Waals surface area contributed by atoms with Crippen LogP contribution in [0.5, 0.6) is 0 Å². The minimum absolute atomic E-state index is 0.0465. The summed E-state index contributed by atoms with van der Waals surface area (Å²) in [7, 11) is 0. The van der Waals surface area contributed by atoms with Crippen LogP contribution < -0.4 is 10.8 Å². The lowest BCUT2D eigenvalue weighted by molar-refractivity contribution is -0.141. The number of amides is 1. The Morgan fingerprint density at radius 2 is 1.73 bits per heavy atom. The molecule has 1 aliphatic rings. The molecule has 0 bridgehead atoms. The van der Waals surface area contributed by atoms with Crippen molar-refractivity contribution in [2.45, 2.75) is 64.6 Å². The van der Waals surface area contributed by atoms with Crippen molar-refractivity contribution in [2.75, 3.05) is 0 Å². The van der Waals surface area contributed by atoms with Crippen LogP contribution in [-0.4, -0.2) is 23.1 Å². The predicted octanol–water partition coefficient (Wildman–Crippen LogP) is 1.36. The monoisotopic (exact) mass is 214 g/mol. The molecule has 0 unspecified atom stereocenters. The summed E-state index contributed by atoms with van der Waals surface area (Å²) in [5.74, 6) is -0.149. The van der Waals surface area contributed by atoms with Crippen molar-refractivity contribution in [2.24, 2.45) is 0 Å². The van der Waals surface area contributed by atoms with Gasteiger partial charge in [0.2, 0.25) is 5.91 Å². The van der Waals surface area contributed by atoms with Crippen LogP contribution in [0.25, 0.3) is 0 Å². The van der Waals surface area contributed by atoms with Crippen LogP contribution in [0, 0.1) is 0 Å². The molecule has 0 saturated carbocycles. The maximum Gasteiger partial charge on any atom is 0.240 e. The van der Waals surface area contributed by atoms with Crippen LogP contribution in [0.2, 0.25) is 0 Å². The second kappa shape index (κ2) is 4.10. The van der Waals surface area contributed by atoms with Gasteiger partial charge in [0.1, 0.15) is 0 Å². The molecule has 1 saturated heterocycles. The van der Waals surface area contributed by atoms with Crippen LogP contribution in [0.1, 0.15) is 47.5 Å². The minimum Gasteiger partial charge on any atom is -0.307 e. The molecule has 4 heteroatoms. The lowest BCUT2D eigenvalue weighted by atomic mass is 9.81. The van der Waals surface area contributed by atoms with Gasteiger partial charge < -0.3 is 5.32 Å². The number of nitrogens with one attached hydrogen (secondary N) is 2. The number of rotatable bonds is 2. The van der Waals surface area contributed by atoms with Crippen molar-refractivity contribution in [1.82, 2.24) is 10.8 Å². The van der Waals surface area contributed by atoms with Crippen molar-refractivity contribution in [3.05, 3.63) is 0 Å². The summed E-state index contributed by atoms with van der Waals surface area (Å²) in [4.78, 5) is 16.1. The van der Waals surface area contributed by atoms with E-state index in [9.17, 15) is 4.79 Å². The fourth-order valence-corrected chi connectivity index (χ4v) is 2.48. The van der Waals surface area contributed by atoms with Gasteiger partial charge in [0.05, 0.1) is 6.10 Å². The third-order valence-electron chi connectivity index (χ3n) is 2.52. The van der Waals surface area contributed by atoms with Gasteiger partial charge in [0.15, 0.2) is 0 Å². The van der Waals surface area contributed by atoms with Gasteiger partial charge in [-0.05, 0) is 40.5 Å². The van der Waals surface area contributed by atoms with E-state index >= 15 is 0 Å². The molecule has 0 aromatic heterocycles. The van der Waals surface area contributed by atoms with E-state index in [1.165, 1.54) is 6.92 Å². The third-order valence-corrected chi connectivity index (χ3v) is 2.52. The van der Waals surface area contributed by atoms with Crippen LogP contribution in [0.4, 0.5) is 0 Å². The first-order valence-electron chi connectivity index (χ1n) is 5.42. The molecule has 1 aliphatic heterocycles. The summed E-state index contributed by atoms with van der Waals surface area (Å²) >= 11 is 0. The van der Waals surface area contributed by atoms with Crippen molar-refractivity contribution >= 4 is 5.91 Å². The molecular formula is C11H22N2O2. The summed E-state index contributed by atoms with van der Waals surface area (Å²) in [5.41, 5.74) is 2.52. The van der Waals surface area contributed by atoms with Gasteiger partial charge in [-0.1, -0.05) is 0 Å². The summed E-state index contributed by atoms with van der Waals surface area (Å²) in [6.07, 6.45) is 1.88. The largest absolute Gasteiger partial charge is 0.307 e. The van der Waals surface area contributed by atoms with Gasteiger partial charge >= 0.3 is 0 Å². The van der Waals surface area contributed by atoms with Crippen LogP contribution in [-0.2, 0) is 9.63 Å². The van der Waals surface area contributed by atoms with E-state index in [0.717, 1.165) is 12.8 Å². The number of carbonyl (C=O) groups is 1. The number of hydroxylamine groups is 1. The summed E-state index contributed by atoms with van der Waals surface area (Å²) < 4.78 is 0. The first kappa shape index (κ1) is 12.5. The van der Waals surface area contributed by atoms with Crippen molar-refractivity contribution in [3.8, 4) is 0 Å². The molecule has 1 amide bonds. The number of hydrogen-bond acceptors (Lipinski definition) is 3. The van der Waals surface area contributed by atoms with E-state index in [-0.39, 0.29) is 23.1 Å². The normalized spacial score (nSPS) is 24.9. The zero-order valence-corrected chi connectivity index (χ0v) is 10.3. The second-order valence-electron chi connectivity index (χ2n) is 5.70. The average Bonchev–Trinajstić information content (AvgIpc) is 1.94. The smallest absolute Gasteiger partial charge is 0.240 e. The molecule has 0 spiro atoms. The average molecular weight is 214 g/mol. The fourth-order valence-electron chi connectivity index (χ4n) is 2.48. The van der Waals surface area contributed by atoms with Crippen molar-refractivity contribution < 1.29 is 9.63 Å². The van der Waals surface area contributed by atoms with Gasteiger partial charge in [-0.15, -0.1) is 0 Å². The highest BCUT2D eigenvalue weighted by Crippen LogP contribution is 2.29. The topological polar surface area (TPSA) is 50.4 Å². The first-order valence-corrected chi connectivity index (χ1v) is 5.42. The Bertz CT molecular complexity index is 233. The van der Waals surface area contributed by atoms with Gasteiger partial charge in [-0.25, -0.2) is 5.48 Å². The zero-order chi connectivity index (χ0) is 11.7. The van der Waals surface area contributed by atoms with E-state index in [0.29, 0.717) is 0 Å². The highest BCUT2D eigenvalue weighted by Gasteiger charge is 2.38. The lowest BCUT2D eigenvalue weighted by Crippen LogP contribution is -2.60. The molecule has 0 radical (unpaired) electrons. The highest BCUT2D eigenvalue weighted by atomic mass is 16.7. The Labute approximate surface area is 91.7 Å². The first-order chi connectivity index (χ1) is 6.70. The predicted molar refractivity (Wildman–Crippen MR) is 59.2 cm³/mol. The highest BCUT2D eigenvalue weighted by molar-refractivity contribution is 5.71. The molecule has 88 valence electrons. The lowest BCUT2D eigenvalue weighted by Gasteiger charge is -2.45. The Kier molecular flexibility index (Phi) is 3.41. The Balaban J connectivity index is 2.55. The van der Waals surface area contributed by atoms with Crippen molar-refractivity contribution in [1.29, 1.82) is 0 Å². The molecule has 0 aromatic rings. The van der Waals surface area contributed by atoms with Gasteiger partial charge in [0, 0.05) is 18.0 Å². The fraction of sp³-hybridized carbons (Fsp3) is 0.909. The number of carbonyl (C=O) groups excluding carboxylic acids is 1. The van der Waals surface area contributed by atoms with E-state index < -0.39 is 0 Å². The Morgan fingerprint density at radius 3 is 2.13 bits per heavy atom. The quantitative estimate of drug-likeness (QED) is 0.682. The molecule has 4 nitrogen and oxygen atoms in total. The maximum atomic E-state index is 10.8. The van der Waals surface area contributed by atoms with Crippen LogP contribution >= 0.6 is 0 Å². The molecule has 0 atom stereocenters. The van der Waals surface area contributed by atoms with Crippen LogP contribution in [0.15, 0.2) is 0 Å². The molecule has 0 aliphatic carbocycles.